The van der Waals surface area contributed by atoms with Crippen LogP contribution in [-0.4, -0.2) is 37.0 Å². The van der Waals surface area contributed by atoms with Crippen molar-refractivity contribution in [3.63, 3.8) is 0 Å². The maximum atomic E-state index is 12.2. The molecule has 8 heteroatoms. The van der Waals surface area contributed by atoms with E-state index < -0.39 is 0 Å². The summed E-state index contributed by atoms with van der Waals surface area (Å²) in [5, 5.41) is 11.3. The van der Waals surface area contributed by atoms with Crippen molar-refractivity contribution < 1.29 is 9.59 Å². The second-order valence-corrected chi connectivity index (χ2v) is 5.90. The average molecular weight is 341 g/mol. The highest BCUT2D eigenvalue weighted by atomic mass is 32.2. The first-order chi connectivity index (χ1) is 11.6. The molecule has 0 aliphatic rings. The lowest BCUT2D eigenvalue weighted by Crippen LogP contribution is -2.17. The van der Waals surface area contributed by atoms with Crippen molar-refractivity contribution in [2.45, 2.75) is 12.1 Å². The first-order valence-corrected chi connectivity index (χ1v) is 8.20. The van der Waals surface area contributed by atoms with E-state index in [1.165, 1.54) is 18.7 Å². The zero-order valence-corrected chi connectivity index (χ0v) is 13.7. The minimum Gasteiger partial charge on any atom is -0.325 e. The Morgan fingerprint density at radius 2 is 1.92 bits per heavy atom. The van der Waals surface area contributed by atoms with Gasteiger partial charge in [0.1, 0.15) is 6.33 Å². The van der Waals surface area contributed by atoms with E-state index in [9.17, 15) is 9.59 Å². The first kappa shape index (κ1) is 16.0. The largest absolute Gasteiger partial charge is 0.325 e. The third-order valence-corrected chi connectivity index (χ3v) is 4.18. The summed E-state index contributed by atoms with van der Waals surface area (Å²) in [7, 11) is 0. The van der Waals surface area contributed by atoms with Crippen LogP contribution < -0.4 is 5.32 Å². The van der Waals surface area contributed by atoms with Gasteiger partial charge in [-0.3, -0.25) is 14.3 Å². The van der Waals surface area contributed by atoms with Crippen molar-refractivity contribution in [1.82, 2.24) is 19.5 Å². The van der Waals surface area contributed by atoms with Crippen molar-refractivity contribution in [3.8, 4) is 0 Å². The standard InChI is InChI=1S/C16H15N5O2S/c1-12(22)13-6-2-3-7-14(13)18-15(23)10-24-16-19-17-11-21(16)20-8-4-5-9-20/h2-9,11H,10H2,1H3,(H,18,23). The van der Waals surface area contributed by atoms with Gasteiger partial charge >= 0.3 is 0 Å². The number of carbonyl (C=O) groups is 2. The number of ketones is 1. The minimum atomic E-state index is -0.212. The summed E-state index contributed by atoms with van der Waals surface area (Å²) >= 11 is 1.27. The van der Waals surface area contributed by atoms with Gasteiger partial charge in [-0.2, -0.15) is 0 Å². The number of para-hydroxylation sites is 1. The third-order valence-electron chi connectivity index (χ3n) is 3.25. The molecule has 0 saturated carbocycles. The second kappa shape index (κ2) is 7.14. The van der Waals surface area contributed by atoms with Gasteiger partial charge in [-0.1, -0.05) is 23.9 Å². The van der Waals surface area contributed by atoms with Crippen LogP contribution in [0.15, 0.2) is 60.3 Å². The summed E-state index contributed by atoms with van der Waals surface area (Å²) in [5.74, 6) is -0.145. The topological polar surface area (TPSA) is 81.8 Å². The molecule has 0 radical (unpaired) electrons. The molecule has 0 spiro atoms. The van der Waals surface area contributed by atoms with E-state index in [-0.39, 0.29) is 17.4 Å². The lowest BCUT2D eigenvalue weighted by molar-refractivity contribution is -0.113. The monoisotopic (exact) mass is 341 g/mol. The molecule has 0 bridgehead atoms. The molecule has 0 aliphatic carbocycles. The van der Waals surface area contributed by atoms with Crippen molar-refractivity contribution in [2.75, 3.05) is 11.1 Å². The van der Waals surface area contributed by atoms with Gasteiger partial charge in [0.05, 0.1) is 11.4 Å². The quantitative estimate of drug-likeness (QED) is 0.550. The first-order valence-electron chi connectivity index (χ1n) is 7.21. The number of Topliss-reactive ketones (excluding diaryl/α,β-unsaturated/α-hetero) is 1. The molecule has 0 fully saturated rings. The zero-order valence-electron chi connectivity index (χ0n) is 12.9. The van der Waals surface area contributed by atoms with Gasteiger partial charge in [-0.25, -0.2) is 4.68 Å². The lowest BCUT2D eigenvalue weighted by atomic mass is 10.1. The summed E-state index contributed by atoms with van der Waals surface area (Å²) in [6.07, 6.45) is 5.29. The highest BCUT2D eigenvalue weighted by Crippen LogP contribution is 2.18. The molecule has 3 aromatic rings. The van der Waals surface area contributed by atoms with E-state index in [1.54, 1.807) is 35.3 Å². The van der Waals surface area contributed by atoms with Crippen molar-refractivity contribution >= 4 is 29.1 Å². The Bertz CT molecular complexity index is 857. The van der Waals surface area contributed by atoms with Crippen LogP contribution in [0.1, 0.15) is 17.3 Å². The van der Waals surface area contributed by atoms with Crippen molar-refractivity contribution in [2.24, 2.45) is 0 Å². The van der Waals surface area contributed by atoms with Gasteiger partial charge in [-0.15, -0.1) is 10.2 Å². The number of hydrogen-bond acceptors (Lipinski definition) is 5. The molecule has 1 amide bonds. The smallest absolute Gasteiger partial charge is 0.234 e. The minimum absolute atomic E-state index is 0.0918. The van der Waals surface area contributed by atoms with Crippen LogP contribution in [0.2, 0.25) is 0 Å². The number of thioether (sulfide) groups is 1. The number of carbonyl (C=O) groups excluding carboxylic acids is 2. The Balaban J connectivity index is 1.65. The number of nitrogens with one attached hydrogen (secondary N) is 1. The number of amides is 1. The summed E-state index contributed by atoms with van der Waals surface area (Å²) in [4.78, 5) is 23.8. The van der Waals surface area contributed by atoms with E-state index >= 15 is 0 Å². The van der Waals surface area contributed by atoms with Gasteiger partial charge in [0.25, 0.3) is 0 Å². The Labute approximate surface area is 142 Å². The molecule has 0 unspecified atom stereocenters. The molecule has 0 saturated heterocycles. The van der Waals surface area contributed by atoms with E-state index in [1.807, 2.05) is 29.2 Å². The van der Waals surface area contributed by atoms with E-state index in [4.69, 9.17) is 0 Å². The second-order valence-electron chi connectivity index (χ2n) is 4.96. The van der Waals surface area contributed by atoms with Crippen LogP contribution in [0.4, 0.5) is 5.69 Å². The fraction of sp³-hybridized carbons (Fsp3) is 0.125. The van der Waals surface area contributed by atoms with Gasteiger partial charge in [0, 0.05) is 18.0 Å². The lowest BCUT2D eigenvalue weighted by Gasteiger charge is -2.09. The van der Waals surface area contributed by atoms with Gasteiger partial charge < -0.3 is 5.32 Å². The van der Waals surface area contributed by atoms with Gasteiger partial charge in [-0.05, 0) is 31.2 Å². The fourth-order valence-electron chi connectivity index (χ4n) is 2.16. The molecular formula is C16H15N5O2S. The summed E-state index contributed by atoms with van der Waals surface area (Å²) < 4.78 is 3.55. The Morgan fingerprint density at radius 1 is 1.17 bits per heavy atom. The van der Waals surface area contributed by atoms with Crippen molar-refractivity contribution in [1.29, 1.82) is 0 Å². The highest BCUT2D eigenvalue weighted by molar-refractivity contribution is 7.99. The van der Waals surface area contributed by atoms with Crippen LogP contribution in [0, 0.1) is 0 Å². The predicted octanol–water partition coefficient (Wildman–Crippen LogP) is 2.32. The summed E-state index contributed by atoms with van der Waals surface area (Å²) in [5.41, 5.74) is 1.01. The van der Waals surface area contributed by atoms with E-state index in [2.05, 4.69) is 15.5 Å². The molecule has 24 heavy (non-hydrogen) atoms. The molecular weight excluding hydrogens is 326 g/mol. The Kier molecular flexibility index (Phi) is 4.76. The summed E-state index contributed by atoms with van der Waals surface area (Å²) in [6, 6.07) is 10.7. The molecule has 2 heterocycles. The average Bonchev–Trinajstić information content (AvgIpc) is 3.24. The Morgan fingerprint density at radius 3 is 2.67 bits per heavy atom. The number of hydrogen-bond donors (Lipinski definition) is 1. The molecule has 122 valence electrons. The van der Waals surface area contributed by atoms with Gasteiger partial charge in [0.15, 0.2) is 5.78 Å². The Hall–Kier alpha value is -2.87. The van der Waals surface area contributed by atoms with Crippen molar-refractivity contribution in [3.05, 3.63) is 60.7 Å². The predicted molar refractivity (Wildman–Crippen MR) is 91.1 cm³/mol. The number of benzene rings is 1. The van der Waals surface area contributed by atoms with Crippen LogP contribution in [-0.2, 0) is 4.79 Å². The van der Waals surface area contributed by atoms with Crippen LogP contribution >= 0.6 is 11.8 Å². The number of anilines is 1. The number of aromatic nitrogens is 4. The summed E-state index contributed by atoms with van der Waals surface area (Å²) in [6.45, 7) is 1.47. The molecule has 2 aromatic heterocycles. The number of nitrogens with zero attached hydrogens (tertiary/aromatic N) is 4. The molecule has 0 atom stereocenters. The van der Waals surface area contributed by atoms with Crippen LogP contribution in [0.25, 0.3) is 0 Å². The van der Waals surface area contributed by atoms with E-state index in [0.29, 0.717) is 16.4 Å². The fourth-order valence-corrected chi connectivity index (χ4v) is 2.87. The molecule has 1 N–H and O–H groups in total. The zero-order chi connectivity index (χ0) is 16.9. The SMILES string of the molecule is CC(=O)c1ccccc1NC(=O)CSc1nncn1-n1cccc1. The van der Waals surface area contributed by atoms with Gasteiger partial charge in [0.2, 0.25) is 11.1 Å². The number of rotatable bonds is 6. The maximum absolute atomic E-state index is 12.2. The normalized spacial score (nSPS) is 10.5. The third kappa shape index (κ3) is 3.54. The molecule has 7 nitrogen and oxygen atoms in total. The van der Waals surface area contributed by atoms with Crippen LogP contribution in [0.3, 0.4) is 0 Å². The molecule has 0 aliphatic heterocycles. The molecule has 3 rings (SSSR count). The molecule has 1 aromatic carbocycles. The maximum Gasteiger partial charge on any atom is 0.234 e. The van der Waals surface area contributed by atoms with Crippen LogP contribution in [0.5, 0.6) is 0 Å². The van der Waals surface area contributed by atoms with E-state index in [0.717, 1.165) is 0 Å². The highest BCUT2D eigenvalue weighted by Gasteiger charge is 2.12.